The summed E-state index contributed by atoms with van der Waals surface area (Å²) in [5, 5.41) is 8.74. The highest BCUT2D eigenvalue weighted by atomic mass is 16.4. The zero-order chi connectivity index (χ0) is 7.30. The third kappa shape index (κ3) is 0.560. The molecular formula is C7H11NO2. The largest absolute Gasteiger partial charge is 0.480 e. The van der Waals surface area contributed by atoms with Crippen LogP contribution in [0, 0.1) is 5.92 Å². The lowest BCUT2D eigenvalue weighted by atomic mass is 9.83. The van der Waals surface area contributed by atoms with Gasteiger partial charge in [0.05, 0.1) is 0 Å². The normalized spacial score (nSPS) is 45.1. The van der Waals surface area contributed by atoms with Crippen LogP contribution in [0.2, 0.25) is 0 Å². The highest BCUT2D eigenvalue weighted by Crippen LogP contribution is 2.44. The van der Waals surface area contributed by atoms with Crippen molar-refractivity contribution in [2.24, 2.45) is 5.92 Å². The molecule has 0 aromatic carbocycles. The van der Waals surface area contributed by atoms with Crippen molar-refractivity contribution in [2.75, 3.05) is 7.05 Å². The molecule has 2 saturated heterocycles. The summed E-state index contributed by atoms with van der Waals surface area (Å²) >= 11 is 0. The SMILES string of the molecule is CN1C2CC(C2)C1C(=O)O. The zero-order valence-electron chi connectivity index (χ0n) is 5.95. The molecule has 56 valence electrons. The van der Waals surface area contributed by atoms with Crippen molar-refractivity contribution in [1.82, 2.24) is 4.90 Å². The van der Waals surface area contributed by atoms with Crippen LogP contribution in [0.15, 0.2) is 0 Å². The van der Waals surface area contributed by atoms with Gasteiger partial charge in [-0.15, -0.1) is 0 Å². The van der Waals surface area contributed by atoms with Crippen LogP contribution in [0.1, 0.15) is 12.8 Å². The van der Waals surface area contributed by atoms with E-state index in [1.54, 1.807) is 0 Å². The van der Waals surface area contributed by atoms with Crippen LogP contribution in [0.5, 0.6) is 0 Å². The maximum Gasteiger partial charge on any atom is 0.321 e. The van der Waals surface area contributed by atoms with E-state index >= 15 is 0 Å². The Morgan fingerprint density at radius 3 is 2.40 bits per heavy atom. The highest BCUT2D eigenvalue weighted by molar-refractivity contribution is 5.75. The lowest BCUT2D eigenvalue weighted by molar-refractivity contribution is -0.142. The quantitative estimate of drug-likeness (QED) is 0.565. The van der Waals surface area contributed by atoms with Crippen molar-refractivity contribution in [2.45, 2.75) is 24.9 Å². The van der Waals surface area contributed by atoms with E-state index in [0.717, 1.165) is 12.8 Å². The van der Waals surface area contributed by atoms with Crippen LogP contribution < -0.4 is 0 Å². The van der Waals surface area contributed by atoms with Crippen molar-refractivity contribution in [3.8, 4) is 0 Å². The first-order valence-electron chi connectivity index (χ1n) is 3.65. The van der Waals surface area contributed by atoms with Gasteiger partial charge in [0.25, 0.3) is 0 Å². The van der Waals surface area contributed by atoms with Gasteiger partial charge in [-0.25, -0.2) is 0 Å². The Labute approximate surface area is 59.6 Å². The van der Waals surface area contributed by atoms with Crippen LogP contribution >= 0.6 is 0 Å². The first-order valence-corrected chi connectivity index (χ1v) is 3.65. The summed E-state index contributed by atoms with van der Waals surface area (Å²) in [5.74, 6) is -0.194. The van der Waals surface area contributed by atoms with E-state index in [1.807, 2.05) is 11.9 Å². The average molecular weight is 141 g/mol. The molecule has 3 aliphatic rings. The number of nitrogens with zero attached hydrogens (tertiary/aromatic N) is 1. The molecule has 2 heterocycles. The molecule has 1 N–H and O–H groups in total. The Hall–Kier alpha value is -0.570. The number of likely N-dealkylation sites (N-methyl/N-ethyl adjacent to an activating group) is 1. The van der Waals surface area contributed by atoms with Gasteiger partial charge in [-0.3, -0.25) is 9.69 Å². The van der Waals surface area contributed by atoms with Gasteiger partial charge in [-0.05, 0) is 25.8 Å². The van der Waals surface area contributed by atoms with Crippen molar-refractivity contribution < 1.29 is 9.90 Å². The van der Waals surface area contributed by atoms with E-state index in [9.17, 15) is 4.79 Å². The molecule has 0 aromatic heterocycles. The van der Waals surface area contributed by atoms with Crippen LogP contribution in [0.3, 0.4) is 0 Å². The summed E-state index contributed by atoms with van der Waals surface area (Å²) in [7, 11) is 1.91. The van der Waals surface area contributed by atoms with Crippen LogP contribution in [-0.2, 0) is 4.79 Å². The first kappa shape index (κ1) is 6.16. The Morgan fingerprint density at radius 2 is 2.20 bits per heavy atom. The molecule has 2 bridgehead atoms. The van der Waals surface area contributed by atoms with Gasteiger partial charge < -0.3 is 5.11 Å². The number of carbonyl (C=O) groups is 1. The molecule has 2 aliphatic heterocycles. The highest BCUT2D eigenvalue weighted by Gasteiger charge is 2.51. The molecule has 1 aliphatic carbocycles. The first-order chi connectivity index (χ1) is 4.70. The number of carboxylic acid groups (broad SMARTS) is 1. The van der Waals surface area contributed by atoms with Crippen molar-refractivity contribution in [3.63, 3.8) is 0 Å². The van der Waals surface area contributed by atoms with Crippen molar-refractivity contribution in [1.29, 1.82) is 0 Å². The molecule has 1 unspecified atom stereocenters. The number of carboxylic acids is 1. The molecule has 3 heteroatoms. The van der Waals surface area contributed by atoms with E-state index in [-0.39, 0.29) is 6.04 Å². The third-order valence-corrected chi connectivity index (χ3v) is 2.86. The second-order valence-electron chi connectivity index (χ2n) is 3.33. The van der Waals surface area contributed by atoms with Crippen LogP contribution in [0.25, 0.3) is 0 Å². The topological polar surface area (TPSA) is 40.5 Å². The van der Waals surface area contributed by atoms with Gasteiger partial charge in [0.15, 0.2) is 0 Å². The lowest BCUT2D eigenvalue weighted by Gasteiger charge is -2.22. The second-order valence-corrected chi connectivity index (χ2v) is 3.33. The molecular weight excluding hydrogens is 130 g/mol. The molecule has 10 heavy (non-hydrogen) atoms. The third-order valence-electron chi connectivity index (χ3n) is 2.86. The number of rotatable bonds is 1. The molecule has 0 amide bonds. The van der Waals surface area contributed by atoms with E-state index in [4.69, 9.17) is 5.11 Å². The Bertz CT molecular complexity index is 174. The minimum absolute atomic E-state index is 0.176. The molecule has 0 aromatic rings. The Morgan fingerprint density at radius 1 is 1.60 bits per heavy atom. The number of hydrogen-bond donors (Lipinski definition) is 1. The predicted molar refractivity (Wildman–Crippen MR) is 35.7 cm³/mol. The van der Waals surface area contributed by atoms with Gasteiger partial charge in [-0.1, -0.05) is 0 Å². The molecule has 3 nitrogen and oxygen atoms in total. The fourth-order valence-corrected chi connectivity index (χ4v) is 2.16. The lowest BCUT2D eigenvalue weighted by Crippen LogP contribution is -2.33. The van der Waals surface area contributed by atoms with E-state index < -0.39 is 5.97 Å². The van der Waals surface area contributed by atoms with Crippen LogP contribution in [-0.4, -0.2) is 35.1 Å². The molecule has 3 rings (SSSR count). The summed E-state index contributed by atoms with van der Waals surface area (Å²) in [4.78, 5) is 12.6. The summed E-state index contributed by atoms with van der Waals surface area (Å²) in [6.07, 6.45) is 2.21. The number of fused-ring (bicyclic) bond motifs is 1. The van der Waals surface area contributed by atoms with Crippen LogP contribution in [0.4, 0.5) is 0 Å². The maximum atomic E-state index is 10.6. The van der Waals surface area contributed by atoms with E-state index in [1.165, 1.54) is 0 Å². The van der Waals surface area contributed by atoms with Crippen molar-refractivity contribution in [3.05, 3.63) is 0 Å². The number of aliphatic carboxylic acids is 1. The molecule has 3 fully saturated rings. The van der Waals surface area contributed by atoms with Gasteiger partial charge in [-0.2, -0.15) is 0 Å². The Balaban J connectivity index is 2.16. The maximum absolute atomic E-state index is 10.6. The summed E-state index contributed by atoms with van der Waals surface area (Å²) < 4.78 is 0. The smallest absolute Gasteiger partial charge is 0.321 e. The second kappa shape index (κ2) is 1.72. The zero-order valence-corrected chi connectivity index (χ0v) is 5.95. The number of hydrogen-bond acceptors (Lipinski definition) is 2. The van der Waals surface area contributed by atoms with Gasteiger partial charge in [0.2, 0.25) is 0 Å². The summed E-state index contributed by atoms with van der Waals surface area (Å²) in [6.45, 7) is 0. The van der Waals surface area contributed by atoms with E-state index in [2.05, 4.69) is 0 Å². The Kier molecular flexibility index (Phi) is 1.06. The summed E-state index contributed by atoms with van der Waals surface area (Å²) in [5.41, 5.74) is 0. The van der Waals surface area contributed by atoms with Gasteiger partial charge in [0, 0.05) is 6.04 Å². The fraction of sp³-hybridized carbons (Fsp3) is 0.857. The molecule has 0 radical (unpaired) electrons. The fourth-order valence-electron chi connectivity index (χ4n) is 2.16. The minimum Gasteiger partial charge on any atom is -0.480 e. The predicted octanol–water partition coefficient (Wildman–Crippen LogP) is 0.164. The summed E-state index contributed by atoms with van der Waals surface area (Å²) in [6, 6.07) is 0.399. The average Bonchev–Trinajstić information content (AvgIpc) is 2.14. The standard InChI is InChI=1S/C7H11NO2/c1-8-5-2-4(3-5)6(8)7(9)10/h4-6H,2-3H2,1H3,(H,9,10). The van der Waals surface area contributed by atoms with Crippen molar-refractivity contribution >= 4 is 5.97 Å². The molecule has 1 saturated carbocycles. The monoisotopic (exact) mass is 141 g/mol. The molecule has 0 spiro atoms. The van der Waals surface area contributed by atoms with E-state index in [0.29, 0.717) is 12.0 Å². The van der Waals surface area contributed by atoms with Gasteiger partial charge >= 0.3 is 5.97 Å². The molecule has 1 atom stereocenters. The van der Waals surface area contributed by atoms with Gasteiger partial charge in [0.1, 0.15) is 6.04 Å². The minimum atomic E-state index is -0.646.